The molecule has 0 aliphatic rings. The summed E-state index contributed by atoms with van der Waals surface area (Å²) in [6.07, 6.45) is 2.58. The second kappa shape index (κ2) is 6.86. The van der Waals surface area contributed by atoms with Crippen LogP contribution in [0.4, 0.5) is 8.78 Å². The van der Waals surface area contributed by atoms with Crippen LogP contribution in [0.2, 0.25) is 0 Å². The average Bonchev–Trinajstić information content (AvgIpc) is 2.28. The molecule has 1 aromatic carbocycles. The van der Waals surface area contributed by atoms with E-state index in [1.54, 1.807) is 6.92 Å². The molecule has 0 aromatic heterocycles. The number of halogens is 2. The third-order valence-corrected chi connectivity index (χ3v) is 2.35. The molecule has 0 bridgehead atoms. The van der Waals surface area contributed by atoms with Crippen LogP contribution < -0.4 is 5.32 Å². The maximum atomic E-state index is 13.2. The number of amides is 1. The summed E-state index contributed by atoms with van der Waals surface area (Å²) < 4.78 is 26.5. The molecule has 18 heavy (non-hydrogen) atoms. The van der Waals surface area contributed by atoms with Gasteiger partial charge >= 0.3 is 0 Å². The predicted octanol–water partition coefficient (Wildman–Crippen LogP) is 1.87. The Morgan fingerprint density at radius 2 is 2.06 bits per heavy atom. The van der Waals surface area contributed by atoms with Crippen LogP contribution in [0, 0.1) is 11.6 Å². The molecule has 1 rings (SSSR count). The van der Waals surface area contributed by atoms with Gasteiger partial charge in [0.2, 0.25) is 5.91 Å². The number of nitrogens with one attached hydrogen (secondary N) is 1. The minimum atomic E-state index is -0.720. The van der Waals surface area contributed by atoms with Crippen molar-refractivity contribution in [2.24, 2.45) is 0 Å². The molecule has 5 heteroatoms. The first-order valence-electron chi connectivity index (χ1n) is 5.58. The van der Waals surface area contributed by atoms with E-state index in [0.29, 0.717) is 6.42 Å². The van der Waals surface area contributed by atoms with E-state index in [1.807, 2.05) is 0 Å². The highest BCUT2D eigenvalue weighted by molar-refractivity contribution is 5.91. The maximum Gasteiger partial charge on any atom is 0.244 e. The van der Waals surface area contributed by atoms with Crippen molar-refractivity contribution in [3.05, 3.63) is 41.5 Å². The molecule has 0 fully saturated rings. The molecule has 1 amide bonds. The van der Waals surface area contributed by atoms with Gasteiger partial charge in [0.1, 0.15) is 11.6 Å². The summed E-state index contributed by atoms with van der Waals surface area (Å²) in [6, 6.07) is 3.30. The molecule has 0 spiro atoms. The Morgan fingerprint density at radius 3 is 2.61 bits per heavy atom. The zero-order valence-electron chi connectivity index (χ0n) is 9.99. The summed E-state index contributed by atoms with van der Waals surface area (Å²) in [5.41, 5.74) is -0.248. The Kier molecular flexibility index (Phi) is 5.45. The number of hydrogen-bond donors (Lipinski definition) is 2. The quantitative estimate of drug-likeness (QED) is 0.789. The summed E-state index contributed by atoms with van der Waals surface area (Å²) in [7, 11) is 0. The van der Waals surface area contributed by atoms with Crippen molar-refractivity contribution in [1.82, 2.24) is 5.32 Å². The number of carbonyl (C=O) groups is 1. The van der Waals surface area contributed by atoms with Crippen LogP contribution in [0.25, 0.3) is 6.08 Å². The Morgan fingerprint density at radius 1 is 1.44 bits per heavy atom. The number of hydrogen-bond acceptors (Lipinski definition) is 2. The second-order valence-electron chi connectivity index (χ2n) is 3.89. The fourth-order valence-electron chi connectivity index (χ4n) is 1.39. The fourth-order valence-corrected chi connectivity index (χ4v) is 1.39. The van der Waals surface area contributed by atoms with Gasteiger partial charge in [-0.1, -0.05) is 6.07 Å². The summed E-state index contributed by atoms with van der Waals surface area (Å²) >= 11 is 0. The van der Waals surface area contributed by atoms with Gasteiger partial charge in [-0.2, -0.15) is 0 Å². The molecule has 1 atom stereocenters. The van der Waals surface area contributed by atoms with E-state index in [9.17, 15) is 13.6 Å². The summed E-state index contributed by atoms with van der Waals surface area (Å²) in [5, 5.41) is 11.2. The number of benzene rings is 1. The van der Waals surface area contributed by atoms with Gasteiger partial charge in [-0.25, -0.2) is 8.78 Å². The van der Waals surface area contributed by atoms with Gasteiger partial charge in [-0.15, -0.1) is 0 Å². The number of carbonyl (C=O) groups excluding carboxylic acids is 1. The highest BCUT2D eigenvalue weighted by atomic mass is 19.1. The normalized spacial score (nSPS) is 12.7. The molecule has 0 heterocycles. The first-order valence-corrected chi connectivity index (χ1v) is 5.58. The van der Waals surface area contributed by atoms with E-state index < -0.39 is 17.5 Å². The minimum absolute atomic E-state index is 0.0346. The number of aliphatic hydroxyl groups is 1. The molecule has 2 N–H and O–H groups in total. The van der Waals surface area contributed by atoms with Gasteiger partial charge in [-0.05, 0) is 31.6 Å². The van der Waals surface area contributed by atoms with Gasteiger partial charge in [0, 0.05) is 24.3 Å². The molecule has 0 aliphatic carbocycles. The zero-order valence-corrected chi connectivity index (χ0v) is 9.99. The van der Waals surface area contributed by atoms with E-state index in [2.05, 4.69) is 5.32 Å². The average molecular weight is 255 g/mol. The molecule has 0 radical (unpaired) electrons. The molecule has 0 saturated heterocycles. The fraction of sp³-hybridized carbons (Fsp3) is 0.308. The summed E-state index contributed by atoms with van der Waals surface area (Å²) in [4.78, 5) is 11.4. The molecular weight excluding hydrogens is 240 g/mol. The van der Waals surface area contributed by atoms with Crippen molar-refractivity contribution in [2.45, 2.75) is 19.4 Å². The Labute approximate surface area is 104 Å². The van der Waals surface area contributed by atoms with Gasteiger partial charge < -0.3 is 10.4 Å². The van der Waals surface area contributed by atoms with Gasteiger partial charge in [-0.3, -0.25) is 4.79 Å². The molecule has 3 nitrogen and oxygen atoms in total. The topological polar surface area (TPSA) is 49.3 Å². The van der Waals surface area contributed by atoms with Gasteiger partial charge in [0.15, 0.2) is 0 Å². The van der Waals surface area contributed by atoms with Crippen molar-refractivity contribution in [2.75, 3.05) is 6.61 Å². The number of rotatable bonds is 5. The van der Waals surface area contributed by atoms with E-state index in [-0.39, 0.29) is 18.2 Å². The van der Waals surface area contributed by atoms with Crippen LogP contribution in [-0.2, 0) is 4.79 Å². The minimum Gasteiger partial charge on any atom is -0.396 e. The lowest BCUT2D eigenvalue weighted by Crippen LogP contribution is -2.31. The van der Waals surface area contributed by atoms with Crippen molar-refractivity contribution in [1.29, 1.82) is 0 Å². The summed E-state index contributed by atoms with van der Waals surface area (Å²) in [6.45, 7) is 1.69. The van der Waals surface area contributed by atoms with Crippen molar-refractivity contribution < 1.29 is 18.7 Å². The van der Waals surface area contributed by atoms with Gasteiger partial charge in [0.05, 0.1) is 0 Å². The van der Waals surface area contributed by atoms with E-state index in [1.165, 1.54) is 6.07 Å². The lowest BCUT2D eigenvalue weighted by atomic mass is 10.2. The monoisotopic (exact) mass is 255 g/mol. The van der Waals surface area contributed by atoms with E-state index in [0.717, 1.165) is 24.3 Å². The third-order valence-electron chi connectivity index (χ3n) is 2.35. The van der Waals surface area contributed by atoms with Crippen LogP contribution in [0.3, 0.4) is 0 Å². The first-order chi connectivity index (χ1) is 8.54. The predicted molar refractivity (Wildman–Crippen MR) is 64.7 cm³/mol. The highest BCUT2D eigenvalue weighted by Gasteiger charge is 2.06. The standard InChI is InChI=1S/C13H15F2NO2/c1-9(7-8-17)16-13(18)6-5-10-11(14)3-2-4-12(10)15/h2-6,9,17H,7-8H2,1H3,(H,16,18)/b6-5+. The van der Waals surface area contributed by atoms with E-state index in [4.69, 9.17) is 5.11 Å². The largest absolute Gasteiger partial charge is 0.396 e. The van der Waals surface area contributed by atoms with Crippen LogP contribution in [0.15, 0.2) is 24.3 Å². The zero-order chi connectivity index (χ0) is 13.5. The van der Waals surface area contributed by atoms with Crippen LogP contribution in [0.1, 0.15) is 18.9 Å². The smallest absolute Gasteiger partial charge is 0.244 e. The van der Waals surface area contributed by atoms with Crippen molar-refractivity contribution >= 4 is 12.0 Å². The van der Waals surface area contributed by atoms with Crippen molar-refractivity contribution in [3.63, 3.8) is 0 Å². The van der Waals surface area contributed by atoms with Crippen LogP contribution in [-0.4, -0.2) is 23.7 Å². The van der Waals surface area contributed by atoms with Gasteiger partial charge in [0.25, 0.3) is 0 Å². The lowest BCUT2D eigenvalue weighted by Gasteiger charge is -2.09. The molecule has 1 unspecified atom stereocenters. The molecule has 1 aromatic rings. The Hall–Kier alpha value is -1.75. The lowest BCUT2D eigenvalue weighted by molar-refractivity contribution is -0.117. The third kappa shape index (κ3) is 4.25. The number of aliphatic hydroxyl groups excluding tert-OH is 1. The maximum absolute atomic E-state index is 13.2. The van der Waals surface area contributed by atoms with Crippen molar-refractivity contribution in [3.8, 4) is 0 Å². The molecule has 0 saturated carbocycles. The SMILES string of the molecule is CC(CCO)NC(=O)/C=C/c1c(F)cccc1F. The van der Waals surface area contributed by atoms with Crippen LogP contribution >= 0.6 is 0 Å². The highest BCUT2D eigenvalue weighted by Crippen LogP contribution is 2.13. The molecule has 0 aliphatic heterocycles. The Balaban J connectivity index is 2.66. The molecular formula is C13H15F2NO2. The van der Waals surface area contributed by atoms with E-state index >= 15 is 0 Å². The summed E-state index contributed by atoms with van der Waals surface area (Å²) in [5.74, 6) is -1.90. The second-order valence-corrected chi connectivity index (χ2v) is 3.89. The van der Waals surface area contributed by atoms with Crippen LogP contribution in [0.5, 0.6) is 0 Å². The Bertz CT molecular complexity index is 426. The molecule has 98 valence electrons. The first kappa shape index (κ1) is 14.3.